The van der Waals surface area contributed by atoms with Gasteiger partial charge in [0.25, 0.3) is 0 Å². The quantitative estimate of drug-likeness (QED) is 0.542. The third-order valence-electron chi connectivity index (χ3n) is 1.65. The fourth-order valence-corrected chi connectivity index (χ4v) is 1.10. The van der Waals surface area contributed by atoms with Crippen molar-refractivity contribution in [2.75, 3.05) is 6.54 Å². The number of hydrogen-bond acceptors (Lipinski definition) is 1. The van der Waals surface area contributed by atoms with Gasteiger partial charge in [0.2, 0.25) is 0 Å². The van der Waals surface area contributed by atoms with Crippen LogP contribution in [0.2, 0.25) is 0 Å². The first-order chi connectivity index (χ1) is 3.80. The Labute approximate surface area is 49.3 Å². The van der Waals surface area contributed by atoms with Gasteiger partial charge in [-0.05, 0) is 26.3 Å². The lowest BCUT2D eigenvalue weighted by atomic mass is 10.1. The summed E-state index contributed by atoms with van der Waals surface area (Å²) < 4.78 is 12.3. The van der Waals surface area contributed by atoms with Crippen LogP contribution in [-0.4, -0.2) is 18.8 Å². The Kier molecular flexibility index (Phi) is 1.84. The summed E-state index contributed by atoms with van der Waals surface area (Å²) in [6.45, 7) is 2.61. The minimum Gasteiger partial charge on any atom is -0.311 e. The van der Waals surface area contributed by atoms with E-state index in [1.807, 2.05) is 0 Å². The fraction of sp³-hybridized carbons (Fsp3) is 1.00. The molecule has 2 unspecified atom stereocenters. The van der Waals surface area contributed by atoms with E-state index >= 15 is 0 Å². The zero-order valence-electron chi connectivity index (χ0n) is 5.15. The van der Waals surface area contributed by atoms with Crippen LogP contribution in [0.4, 0.5) is 4.39 Å². The van der Waals surface area contributed by atoms with E-state index in [4.69, 9.17) is 0 Å². The van der Waals surface area contributed by atoms with Gasteiger partial charge < -0.3 is 5.32 Å². The highest BCUT2D eigenvalue weighted by Crippen LogP contribution is 2.10. The molecule has 1 heterocycles. The zero-order chi connectivity index (χ0) is 5.98. The molecule has 2 heteroatoms. The molecule has 1 nitrogen and oxygen atoms in total. The van der Waals surface area contributed by atoms with E-state index in [-0.39, 0.29) is 6.04 Å². The van der Waals surface area contributed by atoms with Gasteiger partial charge in [0.15, 0.2) is 0 Å². The fourth-order valence-electron chi connectivity index (χ4n) is 1.10. The summed E-state index contributed by atoms with van der Waals surface area (Å²) in [5.74, 6) is 0. The molecule has 48 valence electrons. The molecule has 1 fully saturated rings. The molecule has 2 atom stereocenters. The maximum atomic E-state index is 12.3. The summed E-state index contributed by atoms with van der Waals surface area (Å²) in [6, 6.07) is 0.148. The van der Waals surface area contributed by atoms with Gasteiger partial charge in [-0.25, -0.2) is 4.39 Å². The topological polar surface area (TPSA) is 12.0 Å². The number of nitrogens with one attached hydrogen (secondary N) is 1. The second kappa shape index (κ2) is 2.44. The molecule has 0 aromatic carbocycles. The Balaban J connectivity index is 2.24. The van der Waals surface area contributed by atoms with E-state index in [1.165, 1.54) is 0 Å². The van der Waals surface area contributed by atoms with Gasteiger partial charge in [-0.15, -0.1) is 0 Å². The Morgan fingerprint density at radius 1 is 1.75 bits per heavy atom. The van der Waals surface area contributed by atoms with Crippen LogP contribution in [0.1, 0.15) is 19.8 Å². The van der Waals surface area contributed by atoms with Crippen molar-refractivity contribution in [1.29, 1.82) is 0 Å². The van der Waals surface area contributed by atoms with E-state index in [1.54, 1.807) is 6.92 Å². The van der Waals surface area contributed by atoms with Crippen molar-refractivity contribution in [2.45, 2.75) is 32.0 Å². The van der Waals surface area contributed by atoms with Crippen molar-refractivity contribution in [3.63, 3.8) is 0 Å². The molecule has 1 aliphatic rings. The van der Waals surface area contributed by atoms with E-state index in [2.05, 4.69) is 5.32 Å². The molecular formula is C6H12FN. The molecule has 0 aromatic rings. The first-order valence-electron chi connectivity index (χ1n) is 3.18. The van der Waals surface area contributed by atoms with Crippen LogP contribution in [0.15, 0.2) is 0 Å². The summed E-state index contributed by atoms with van der Waals surface area (Å²) in [5, 5.41) is 3.08. The average Bonchev–Trinajstić information content (AvgIpc) is 2.12. The van der Waals surface area contributed by atoms with Crippen LogP contribution < -0.4 is 5.32 Å². The Morgan fingerprint density at radius 2 is 2.50 bits per heavy atom. The van der Waals surface area contributed by atoms with Crippen molar-refractivity contribution in [3.8, 4) is 0 Å². The molecule has 0 spiro atoms. The minimum absolute atomic E-state index is 0.148. The normalized spacial score (nSPS) is 33.0. The molecule has 0 saturated carbocycles. The highest BCUT2D eigenvalue weighted by molar-refractivity contribution is 4.78. The smallest absolute Gasteiger partial charge is 0.113 e. The summed E-state index contributed by atoms with van der Waals surface area (Å²) in [7, 11) is 0. The summed E-state index contributed by atoms with van der Waals surface area (Å²) in [4.78, 5) is 0. The largest absolute Gasteiger partial charge is 0.311 e. The molecule has 1 N–H and O–H groups in total. The molecule has 1 rings (SSSR count). The lowest BCUT2D eigenvalue weighted by Gasteiger charge is -2.09. The molecule has 0 aromatic heterocycles. The monoisotopic (exact) mass is 117 g/mol. The molecule has 8 heavy (non-hydrogen) atoms. The Morgan fingerprint density at radius 3 is 2.75 bits per heavy atom. The highest BCUT2D eigenvalue weighted by Gasteiger charge is 2.19. The van der Waals surface area contributed by atoms with Gasteiger partial charge >= 0.3 is 0 Å². The number of rotatable bonds is 1. The van der Waals surface area contributed by atoms with Crippen molar-refractivity contribution in [1.82, 2.24) is 5.32 Å². The standard InChI is InChI=1S/C6H12FN/c1-5(7)6-3-2-4-8-6/h5-6,8H,2-4H2,1H3. The van der Waals surface area contributed by atoms with Crippen LogP contribution in [0.3, 0.4) is 0 Å². The summed E-state index contributed by atoms with van der Waals surface area (Å²) >= 11 is 0. The van der Waals surface area contributed by atoms with Crippen LogP contribution in [0, 0.1) is 0 Å². The van der Waals surface area contributed by atoms with Gasteiger partial charge in [0, 0.05) is 6.04 Å². The SMILES string of the molecule is CC(F)C1CCCN1. The third kappa shape index (κ3) is 1.19. The maximum Gasteiger partial charge on any atom is 0.113 e. The molecule has 0 aliphatic carbocycles. The van der Waals surface area contributed by atoms with Crippen molar-refractivity contribution in [2.24, 2.45) is 0 Å². The zero-order valence-corrected chi connectivity index (χ0v) is 5.15. The molecule has 0 amide bonds. The Hall–Kier alpha value is -0.110. The van der Waals surface area contributed by atoms with Crippen LogP contribution in [-0.2, 0) is 0 Å². The molecular weight excluding hydrogens is 105 g/mol. The lowest BCUT2D eigenvalue weighted by Crippen LogP contribution is -2.29. The minimum atomic E-state index is -0.669. The molecule has 1 saturated heterocycles. The number of halogens is 1. The van der Waals surface area contributed by atoms with Gasteiger partial charge in [-0.1, -0.05) is 0 Å². The third-order valence-corrected chi connectivity index (χ3v) is 1.65. The first kappa shape index (κ1) is 6.02. The van der Waals surface area contributed by atoms with Crippen molar-refractivity contribution < 1.29 is 4.39 Å². The molecule has 0 bridgehead atoms. The first-order valence-corrected chi connectivity index (χ1v) is 3.18. The Bertz CT molecular complexity index is 66.9. The highest BCUT2D eigenvalue weighted by atomic mass is 19.1. The average molecular weight is 117 g/mol. The second-order valence-electron chi connectivity index (χ2n) is 2.38. The van der Waals surface area contributed by atoms with E-state index in [9.17, 15) is 4.39 Å². The molecule has 0 radical (unpaired) electrons. The molecule has 1 aliphatic heterocycles. The summed E-state index contributed by atoms with van der Waals surface area (Å²) in [5.41, 5.74) is 0. The van der Waals surface area contributed by atoms with E-state index in [0.717, 1.165) is 19.4 Å². The summed E-state index contributed by atoms with van der Waals surface area (Å²) in [6.07, 6.45) is 1.48. The second-order valence-corrected chi connectivity index (χ2v) is 2.38. The maximum absolute atomic E-state index is 12.3. The number of alkyl halides is 1. The van der Waals surface area contributed by atoms with Crippen molar-refractivity contribution in [3.05, 3.63) is 0 Å². The van der Waals surface area contributed by atoms with Crippen LogP contribution in [0.25, 0.3) is 0 Å². The van der Waals surface area contributed by atoms with E-state index in [0.29, 0.717) is 0 Å². The lowest BCUT2D eigenvalue weighted by molar-refractivity contribution is 0.288. The van der Waals surface area contributed by atoms with Gasteiger partial charge in [-0.3, -0.25) is 0 Å². The predicted molar refractivity (Wildman–Crippen MR) is 31.6 cm³/mol. The van der Waals surface area contributed by atoms with Crippen LogP contribution in [0.5, 0.6) is 0 Å². The number of hydrogen-bond donors (Lipinski definition) is 1. The van der Waals surface area contributed by atoms with Gasteiger partial charge in [0.05, 0.1) is 0 Å². The van der Waals surface area contributed by atoms with Gasteiger partial charge in [0.1, 0.15) is 6.17 Å². The predicted octanol–water partition coefficient (Wildman–Crippen LogP) is 1.10. The van der Waals surface area contributed by atoms with Crippen LogP contribution >= 0.6 is 0 Å². The van der Waals surface area contributed by atoms with Gasteiger partial charge in [-0.2, -0.15) is 0 Å². The van der Waals surface area contributed by atoms with E-state index < -0.39 is 6.17 Å². The van der Waals surface area contributed by atoms with Crippen molar-refractivity contribution >= 4 is 0 Å².